The number of benzene rings is 1. The number of carbonyl (C=O) groups is 1. The number of hydrogen-bond donors (Lipinski definition) is 1. The molecule has 0 saturated carbocycles. The van der Waals surface area contributed by atoms with Crippen LogP contribution in [0.25, 0.3) is 0 Å². The van der Waals surface area contributed by atoms with Gasteiger partial charge < -0.3 is 5.32 Å². The van der Waals surface area contributed by atoms with Gasteiger partial charge in [-0.05, 0) is 32.4 Å². The van der Waals surface area contributed by atoms with Gasteiger partial charge in [-0.3, -0.25) is 14.9 Å². The van der Waals surface area contributed by atoms with Crippen molar-refractivity contribution < 1.29 is 9.72 Å². The van der Waals surface area contributed by atoms with Crippen molar-refractivity contribution in [2.45, 2.75) is 25.1 Å². The SMILES string of the molecule is Cc1cc([N+](=O)[O-])ccc1NC(=O)C(C)(C)Br. The number of halogens is 1. The number of hydrogen-bond acceptors (Lipinski definition) is 3. The Balaban J connectivity index is 2.95. The molecule has 0 bridgehead atoms. The predicted octanol–water partition coefficient (Wildman–Crippen LogP) is 3.02. The van der Waals surface area contributed by atoms with E-state index in [4.69, 9.17) is 0 Å². The Labute approximate surface area is 107 Å². The standard InChI is InChI=1S/C11H13BrN2O3/c1-7-6-8(14(16)17)4-5-9(7)13-10(15)11(2,3)12/h4-6H,1-3H3,(H,13,15). The van der Waals surface area contributed by atoms with E-state index in [-0.39, 0.29) is 11.6 Å². The van der Waals surface area contributed by atoms with E-state index >= 15 is 0 Å². The first kappa shape index (κ1) is 13.6. The fourth-order valence-electron chi connectivity index (χ4n) is 1.17. The first-order chi connectivity index (χ1) is 7.71. The predicted molar refractivity (Wildman–Crippen MR) is 69.5 cm³/mol. The minimum atomic E-state index is -0.679. The highest BCUT2D eigenvalue weighted by Crippen LogP contribution is 2.24. The van der Waals surface area contributed by atoms with Crippen molar-refractivity contribution in [3.8, 4) is 0 Å². The van der Waals surface area contributed by atoms with Gasteiger partial charge in [-0.25, -0.2) is 0 Å². The Morgan fingerprint density at radius 2 is 2.06 bits per heavy atom. The molecule has 0 aliphatic heterocycles. The Bertz CT molecular complexity index is 466. The Morgan fingerprint density at radius 1 is 1.47 bits per heavy atom. The van der Waals surface area contributed by atoms with Gasteiger partial charge in [0, 0.05) is 17.8 Å². The van der Waals surface area contributed by atoms with Crippen LogP contribution in [-0.2, 0) is 4.79 Å². The van der Waals surface area contributed by atoms with Gasteiger partial charge in [-0.15, -0.1) is 0 Å². The molecule has 0 fully saturated rings. The molecule has 1 N–H and O–H groups in total. The highest BCUT2D eigenvalue weighted by atomic mass is 79.9. The molecule has 0 radical (unpaired) electrons. The number of rotatable bonds is 3. The van der Waals surface area contributed by atoms with Crippen molar-refractivity contribution in [3.63, 3.8) is 0 Å². The van der Waals surface area contributed by atoms with Crippen LogP contribution in [0.15, 0.2) is 18.2 Å². The molecule has 0 atom stereocenters. The number of aryl methyl sites for hydroxylation is 1. The molecular formula is C11H13BrN2O3. The minimum absolute atomic E-state index is 0.0126. The molecule has 5 nitrogen and oxygen atoms in total. The van der Waals surface area contributed by atoms with Crippen molar-refractivity contribution in [1.29, 1.82) is 0 Å². The van der Waals surface area contributed by atoms with Gasteiger partial charge >= 0.3 is 0 Å². The third kappa shape index (κ3) is 3.52. The molecule has 0 aliphatic carbocycles. The molecule has 92 valence electrons. The van der Waals surface area contributed by atoms with Crippen molar-refractivity contribution in [1.82, 2.24) is 0 Å². The van der Waals surface area contributed by atoms with Crippen LogP contribution in [-0.4, -0.2) is 15.2 Å². The summed E-state index contributed by atoms with van der Waals surface area (Å²) in [6.45, 7) is 5.16. The second-order valence-corrected chi connectivity index (χ2v) is 6.17. The van der Waals surface area contributed by atoms with Crippen LogP contribution >= 0.6 is 15.9 Å². The largest absolute Gasteiger partial charge is 0.325 e. The summed E-state index contributed by atoms with van der Waals surface area (Å²) in [4.78, 5) is 21.8. The third-order valence-electron chi connectivity index (χ3n) is 2.21. The molecule has 0 aliphatic rings. The second kappa shape index (κ2) is 4.83. The Morgan fingerprint density at radius 3 is 2.47 bits per heavy atom. The van der Waals surface area contributed by atoms with Gasteiger partial charge in [0.1, 0.15) is 0 Å². The number of anilines is 1. The highest BCUT2D eigenvalue weighted by Gasteiger charge is 2.24. The van der Waals surface area contributed by atoms with E-state index in [1.165, 1.54) is 18.2 Å². The highest BCUT2D eigenvalue weighted by molar-refractivity contribution is 9.10. The molecule has 1 amide bonds. The van der Waals surface area contributed by atoms with Crippen LogP contribution in [0.5, 0.6) is 0 Å². The average molecular weight is 301 g/mol. The molecule has 1 aromatic rings. The van der Waals surface area contributed by atoms with Crippen LogP contribution in [0.2, 0.25) is 0 Å². The second-order valence-electron chi connectivity index (χ2n) is 4.18. The van der Waals surface area contributed by atoms with Crippen molar-refractivity contribution in [3.05, 3.63) is 33.9 Å². The van der Waals surface area contributed by atoms with Crippen molar-refractivity contribution in [2.24, 2.45) is 0 Å². The maximum Gasteiger partial charge on any atom is 0.269 e. The van der Waals surface area contributed by atoms with E-state index in [2.05, 4.69) is 21.2 Å². The molecule has 0 unspecified atom stereocenters. The summed E-state index contributed by atoms with van der Waals surface area (Å²) in [5, 5.41) is 13.3. The van der Waals surface area contributed by atoms with E-state index in [1.54, 1.807) is 20.8 Å². The lowest BCUT2D eigenvalue weighted by atomic mass is 10.1. The summed E-state index contributed by atoms with van der Waals surface area (Å²) in [6, 6.07) is 4.32. The summed E-state index contributed by atoms with van der Waals surface area (Å²) < 4.78 is -0.679. The zero-order valence-corrected chi connectivity index (χ0v) is 11.4. The first-order valence-electron chi connectivity index (χ1n) is 4.97. The smallest absolute Gasteiger partial charge is 0.269 e. The number of nitrogens with zero attached hydrogens (tertiary/aromatic N) is 1. The average Bonchev–Trinajstić information content (AvgIpc) is 2.19. The Hall–Kier alpha value is -1.43. The van der Waals surface area contributed by atoms with Crippen molar-refractivity contribution >= 4 is 33.2 Å². The molecule has 0 saturated heterocycles. The van der Waals surface area contributed by atoms with E-state index in [0.29, 0.717) is 11.3 Å². The van der Waals surface area contributed by atoms with E-state index in [0.717, 1.165) is 0 Å². The first-order valence-corrected chi connectivity index (χ1v) is 5.76. The number of nitro benzene ring substituents is 1. The quantitative estimate of drug-likeness (QED) is 0.530. The fourth-order valence-corrected chi connectivity index (χ4v) is 1.27. The number of carbonyl (C=O) groups excluding carboxylic acids is 1. The number of alkyl halides is 1. The van der Waals surface area contributed by atoms with E-state index in [9.17, 15) is 14.9 Å². The summed E-state index contributed by atoms with van der Waals surface area (Å²) >= 11 is 3.24. The molecule has 0 heterocycles. The number of non-ortho nitro benzene ring substituents is 1. The maximum atomic E-state index is 11.7. The molecule has 0 spiro atoms. The van der Waals surface area contributed by atoms with Crippen LogP contribution in [0.4, 0.5) is 11.4 Å². The molecule has 1 rings (SSSR count). The summed E-state index contributed by atoms with van der Waals surface area (Å²) in [5.74, 6) is -0.200. The maximum absolute atomic E-state index is 11.7. The minimum Gasteiger partial charge on any atom is -0.325 e. The van der Waals surface area contributed by atoms with Crippen LogP contribution in [0, 0.1) is 17.0 Å². The Kier molecular flexibility index (Phi) is 3.87. The monoisotopic (exact) mass is 300 g/mol. The van der Waals surface area contributed by atoms with Crippen LogP contribution < -0.4 is 5.32 Å². The molecular weight excluding hydrogens is 288 g/mol. The van der Waals surface area contributed by atoms with Gasteiger partial charge in [-0.2, -0.15) is 0 Å². The number of nitrogens with one attached hydrogen (secondary N) is 1. The molecule has 0 aromatic heterocycles. The van der Waals surface area contributed by atoms with E-state index in [1.807, 2.05) is 0 Å². The normalized spacial score (nSPS) is 11.1. The third-order valence-corrected chi connectivity index (χ3v) is 2.57. The molecule has 1 aromatic carbocycles. The van der Waals surface area contributed by atoms with E-state index < -0.39 is 9.25 Å². The van der Waals surface area contributed by atoms with Gasteiger partial charge in [0.25, 0.3) is 5.69 Å². The van der Waals surface area contributed by atoms with Gasteiger partial charge in [0.15, 0.2) is 0 Å². The van der Waals surface area contributed by atoms with Crippen LogP contribution in [0.1, 0.15) is 19.4 Å². The topological polar surface area (TPSA) is 72.2 Å². The van der Waals surface area contributed by atoms with Gasteiger partial charge in [0.2, 0.25) is 5.91 Å². The lowest BCUT2D eigenvalue weighted by Gasteiger charge is -2.16. The lowest BCUT2D eigenvalue weighted by molar-refractivity contribution is -0.384. The fraction of sp³-hybridized carbons (Fsp3) is 0.364. The summed E-state index contributed by atoms with van der Waals surface area (Å²) in [7, 11) is 0. The zero-order chi connectivity index (χ0) is 13.2. The molecule has 6 heteroatoms. The van der Waals surface area contributed by atoms with Crippen molar-refractivity contribution in [2.75, 3.05) is 5.32 Å². The number of nitro groups is 1. The van der Waals surface area contributed by atoms with Gasteiger partial charge in [-0.1, -0.05) is 15.9 Å². The number of amides is 1. The van der Waals surface area contributed by atoms with Crippen LogP contribution in [0.3, 0.4) is 0 Å². The molecule has 17 heavy (non-hydrogen) atoms. The summed E-state index contributed by atoms with van der Waals surface area (Å²) in [5.41, 5.74) is 1.25. The van der Waals surface area contributed by atoms with Gasteiger partial charge in [0.05, 0.1) is 9.25 Å². The lowest BCUT2D eigenvalue weighted by Crippen LogP contribution is -2.31. The summed E-state index contributed by atoms with van der Waals surface area (Å²) in [6.07, 6.45) is 0. The zero-order valence-electron chi connectivity index (χ0n) is 9.78.